The van der Waals surface area contributed by atoms with Gasteiger partial charge in [-0.25, -0.2) is 0 Å². The predicted octanol–water partition coefficient (Wildman–Crippen LogP) is 2.33. The van der Waals surface area contributed by atoms with E-state index in [1.54, 1.807) is 6.07 Å². The number of phenols is 1. The summed E-state index contributed by atoms with van der Waals surface area (Å²) in [6.45, 7) is 1.44. The number of Topliss-reactive ketones (excluding diaryl/α,β-unsaturated/α-hetero) is 1. The molecule has 0 unspecified atom stereocenters. The lowest BCUT2D eigenvalue weighted by atomic mass is 10.1. The van der Waals surface area contributed by atoms with Crippen molar-refractivity contribution in [2.24, 2.45) is 0 Å². The lowest BCUT2D eigenvalue weighted by molar-refractivity contribution is 0.101. The molecule has 0 aromatic heterocycles. The summed E-state index contributed by atoms with van der Waals surface area (Å²) in [6, 6.07) is 3.10. The molecule has 0 aliphatic heterocycles. The average Bonchev–Trinajstić information content (AvgIpc) is 2.17. The molecule has 1 aromatic carbocycles. The second-order valence-corrected chi connectivity index (χ2v) is 3.63. The first kappa shape index (κ1) is 10.9. The highest BCUT2D eigenvalue weighted by Crippen LogP contribution is 2.33. The third-order valence-electron chi connectivity index (χ3n) is 1.88. The van der Waals surface area contributed by atoms with Gasteiger partial charge in [-0.3, -0.25) is 4.79 Å². The van der Waals surface area contributed by atoms with Crippen LogP contribution in [-0.4, -0.2) is 24.3 Å². The van der Waals surface area contributed by atoms with Crippen LogP contribution in [0.1, 0.15) is 17.3 Å². The number of aromatic hydroxyl groups is 1. The van der Waals surface area contributed by atoms with Crippen LogP contribution in [-0.2, 0) is 0 Å². The van der Waals surface area contributed by atoms with Gasteiger partial charge in [-0.2, -0.15) is 0 Å². The van der Waals surface area contributed by atoms with Gasteiger partial charge in [-0.1, -0.05) is 0 Å². The van der Waals surface area contributed by atoms with E-state index in [9.17, 15) is 9.90 Å². The van der Waals surface area contributed by atoms with E-state index in [2.05, 4.69) is 0 Å². The SMILES string of the molecule is COc1cc(SC)c(O)cc1C(C)=O. The Balaban J connectivity index is 3.31. The Morgan fingerprint density at radius 3 is 2.57 bits per heavy atom. The molecule has 0 saturated carbocycles. The smallest absolute Gasteiger partial charge is 0.163 e. The van der Waals surface area contributed by atoms with Gasteiger partial charge >= 0.3 is 0 Å². The zero-order valence-electron chi connectivity index (χ0n) is 8.33. The Kier molecular flexibility index (Phi) is 3.41. The lowest BCUT2D eigenvalue weighted by Gasteiger charge is -2.09. The van der Waals surface area contributed by atoms with Gasteiger partial charge in [0.2, 0.25) is 0 Å². The van der Waals surface area contributed by atoms with Crippen molar-refractivity contribution in [3.63, 3.8) is 0 Å². The minimum Gasteiger partial charge on any atom is -0.507 e. The number of rotatable bonds is 3. The summed E-state index contributed by atoms with van der Waals surface area (Å²) in [7, 11) is 1.50. The first-order valence-electron chi connectivity index (χ1n) is 4.06. The highest BCUT2D eigenvalue weighted by molar-refractivity contribution is 7.98. The Bertz CT molecular complexity index is 361. The summed E-state index contributed by atoms with van der Waals surface area (Å²) >= 11 is 1.40. The van der Waals surface area contributed by atoms with Crippen molar-refractivity contribution in [3.8, 4) is 11.5 Å². The molecule has 1 N–H and O–H groups in total. The molecule has 0 aliphatic carbocycles. The number of benzene rings is 1. The number of ketones is 1. The van der Waals surface area contributed by atoms with Crippen LogP contribution in [0.2, 0.25) is 0 Å². The molecular formula is C10H12O3S. The number of phenolic OH excluding ortho intramolecular Hbond substituents is 1. The summed E-state index contributed by atoms with van der Waals surface area (Å²) in [4.78, 5) is 11.9. The second-order valence-electron chi connectivity index (χ2n) is 2.78. The van der Waals surface area contributed by atoms with Crippen molar-refractivity contribution < 1.29 is 14.6 Å². The standard InChI is InChI=1S/C10H12O3S/c1-6(11)7-4-8(12)10(14-3)5-9(7)13-2/h4-5,12H,1-3H3. The lowest BCUT2D eigenvalue weighted by Crippen LogP contribution is -1.97. The van der Waals surface area contributed by atoms with Gasteiger partial charge in [0.15, 0.2) is 5.78 Å². The van der Waals surface area contributed by atoms with Crippen molar-refractivity contribution in [1.29, 1.82) is 0 Å². The van der Waals surface area contributed by atoms with Crippen molar-refractivity contribution in [3.05, 3.63) is 17.7 Å². The molecule has 0 aliphatic rings. The Morgan fingerprint density at radius 2 is 2.14 bits per heavy atom. The van der Waals surface area contributed by atoms with Crippen LogP contribution in [0.25, 0.3) is 0 Å². The average molecular weight is 212 g/mol. The molecule has 0 atom stereocenters. The molecule has 76 valence electrons. The molecule has 1 rings (SSSR count). The number of methoxy groups -OCH3 is 1. The van der Waals surface area contributed by atoms with Crippen LogP contribution in [0, 0.1) is 0 Å². The van der Waals surface area contributed by atoms with Crippen molar-refractivity contribution in [2.45, 2.75) is 11.8 Å². The molecule has 0 saturated heterocycles. The maximum absolute atomic E-state index is 11.2. The topological polar surface area (TPSA) is 46.5 Å². The van der Waals surface area contributed by atoms with Crippen molar-refractivity contribution in [2.75, 3.05) is 13.4 Å². The highest BCUT2D eigenvalue weighted by Gasteiger charge is 2.12. The monoisotopic (exact) mass is 212 g/mol. The Hall–Kier alpha value is -1.16. The Labute approximate surface area is 87.1 Å². The summed E-state index contributed by atoms with van der Waals surface area (Å²) < 4.78 is 5.06. The van der Waals surface area contributed by atoms with Gasteiger partial charge in [0, 0.05) is 0 Å². The van der Waals surface area contributed by atoms with Crippen LogP contribution in [0.5, 0.6) is 11.5 Å². The van der Waals surface area contributed by atoms with E-state index < -0.39 is 0 Å². The van der Waals surface area contributed by atoms with Crippen LogP contribution in [0.4, 0.5) is 0 Å². The zero-order chi connectivity index (χ0) is 10.7. The van der Waals surface area contributed by atoms with Crippen LogP contribution in [0.15, 0.2) is 17.0 Å². The van der Waals surface area contributed by atoms with Crippen molar-refractivity contribution >= 4 is 17.5 Å². The molecular weight excluding hydrogens is 200 g/mol. The highest BCUT2D eigenvalue weighted by atomic mass is 32.2. The zero-order valence-corrected chi connectivity index (χ0v) is 9.14. The van der Waals surface area contributed by atoms with Crippen LogP contribution >= 0.6 is 11.8 Å². The summed E-state index contributed by atoms with van der Waals surface area (Å²) in [5.74, 6) is 0.493. The molecule has 0 bridgehead atoms. The number of ether oxygens (including phenoxy) is 1. The molecule has 0 heterocycles. The van der Waals surface area contributed by atoms with Crippen LogP contribution < -0.4 is 4.74 Å². The number of carbonyl (C=O) groups is 1. The molecule has 1 aromatic rings. The van der Waals surface area contributed by atoms with E-state index in [0.29, 0.717) is 16.2 Å². The molecule has 14 heavy (non-hydrogen) atoms. The maximum Gasteiger partial charge on any atom is 0.163 e. The summed E-state index contributed by atoms with van der Waals surface area (Å²) in [5.41, 5.74) is 0.405. The third-order valence-corrected chi connectivity index (χ3v) is 2.65. The number of hydrogen-bond donors (Lipinski definition) is 1. The first-order chi connectivity index (χ1) is 6.60. The van der Waals surface area contributed by atoms with Gasteiger partial charge in [-0.05, 0) is 25.3 Å². The number of hydrogen-bond acceptors (Lipinski definition) is 4. The minimum absolute atomic E-state index is 0.114. The molecule has 0 radical (unpaired) electrons. The summed E-state index contributed by atoms with van der Waals surface area (Å²) in [6.07, 6.45) is 1.85. The van der Waals surface area contributed by atoms with E-state index >= 15 is 0 Å². The van der Waals surface area contributed by atoms with Crippen LogP contribution in [0.3, 0.4) is 0 Å². The van der Waals surface area contributed by atoms with E-state index in [1.165, 1.54) is 31.9 Å². The van der Waals surface area contributed by atoms with E-state index in [4.69, 9.17) is 4.74 Å². The van der Waals surface area contributed by atoms with Gasteiger partial charge < -0.3 is 9.84 Å². The Morgan fingerprint density at radius 1 is 1.50 bits per heavy atom. The molecule has 0 fully saturated rings. The fraction of sp³-hybridized carbons (Fsp3) is 0.300. The number of carbonyl (C=O) groups excluding carboxylic acids is 1. The number of thioether (sulfide) groups is 1. The van der Waals surface area contributed by atoms with Gasteiger partial charge in [-0.15, -0.1) is 11.8 Å². The largest absolute Gasteiger partial charge is 0.507 e. The molecule has 4 heteroatoms. The molecule has 0 spiro atoms. The van der Waals surface area contributed by atoms with Crippen molar-refractivity contribution in [1.82, 2.24) is 0 Å². The first-order valence-corrected chi connectivity index (χ1v) is 5.28. The minimum atomic E-state index is -0.121. The van der Waals surface area contributed by atoms with Gasteiger partial charge in [0.1, 0.15) is 11.5 Å². The predicted molar refractivity (Wildman–Crippen MR) is 56.4 cm³/mol. The molecule has 3 nitrogen and oxygen atoms in total. The van der Waals surface area contributed by atoms with E-state index in [0.717, 1.165) is 0 Å². The second kappa shape index (κ2) is 4.37. The van der Waals surface area contributed by atoms with Gasteiger partial charge in [0.25, 0.3) is 0 Å². The fourth-order valence-corrected chi connectivity index (χ4v) is 1.65. The van der Waals surface area contributed by atoms with E-state index in [1.807, 2.05) is 6.26 Å². The fourth-order valence-electron chi connectivity index (χ4n) is 1.16. The normalized spacial score (nSPS) is 9.93. The third kappa shape index (κ3) is 2.01. The van der Waals surface area contributed by atoms with Gasteiger partial charge in [0.05, 0.1) is 17.6 Å². The van der Waals surface area contributed by atoms with E-state index in [-0.39, 0.29) is 11.5 Å². The maximum atomic E-state index is 11.2. The molecule has 0 amide bonds. The summed E-state index contributed by atoms with van der Waals surface area (Å²) in [5, 5.41) is 9.53. The quantitative estimate of drug-likeness (QED) is 0.617.